The van der Waals surface area contributed by atoms with Crippen molar-refractivity contribution in [3.05, 3.63) is 0 Å². The summed E-state index contributed by atoms with van der Waals surface area (Å²) in [6.45, 7) is 0.273. The number of nitrogens with two attached hydrogens (primary N) is 1. The van der Waals surface area contributed by atoms with E-state index in [0.29, 0.717) is 0 Å². The molecule has 4 N–H and O–H groups in total. The van der Waals surface area contributed by atoms with Gasteiger partial charge in [0.15, 0.2) is 0 Å². The predicted octanol–water partition coefficient (Wildman–Crippen LogP) is -0.207. The van der Waals surface area contributed by atoms with Gasteiger partial charge in [0.25, 0.3) is 0 Å². The van der Waals surface area contributed by atoms with Crippen LogP contribution in [0.1, 0.15) is 32.1 Å². The van der Waals surface area contributed by atoms with Gasteiger partial charge in [-0.2, -0.15) is 5.26 Å². The van der Waals surface area contributed by atoms with Crippen LogP contribution in [0.15, 0.2) is 0 Å². The maximum Gasteiger partial charge on any atom is 0.326 e. The highest BCUT2D eigenvalue weighted by Gasteiger charge is 2.33. The molecule has 1 rings (SSSR count). The molecule has 1 fully saturated rings. The molecule has 0 unspecified atom stereocenters. The highest BCUT2D eigenvalue weighted by Crippen LogP contribution is 2.27. The lowest BCUT2D eigenvalue weighted by Crippen LogP contribution is -2.49. The van der Waals surface area contributed by atoms with Gasteiger partial charge in [0.2, 0.25) is 5.91 Å². The Hall–Kier alpha value is -2.30. The van der Waals surface area contributed by atoms with Crippen molar-refractivity contribution < 1.29 is 19.5 Å². The van der Waals surface area contributed by atoms with Gasteiger partial charge in [0, 0.05) is 19.0 Å². The number of nitrogens with zero attached hydrogens (tertiary/aromatic N) is 2. The SMILES string of the molecule is N#CCCN(C(=O)N[C@H](CCC(N)=O)C(=O)O)C1CC1. The second-order valence-corrected chi connectivity index (χ2v) is 4.68. The highest BCUT2D eigenvalue weighted by atomic mass is 16.4. The second-order valence-electron chi connectivity index (χ2n) is 4.68. The van der Waals surface area contributed by atoms with Crippen LogP contribution >= 0.6 is 0 Å². The highest BCUT2D eigenvalue weighted by molar-refractivity contribution is 5.83. The third kappa shape index (κ3) is 5.14. The second kappa shape index (κ2) is 7.33. The lowest BCUT2D eigenvalue weighted by molar-refractivity contribution is -0.139. The number of nitriles is 1. The van der Waals surface area contributed by atoms with E-state index in [4.69, 9.17) is 16.1 Å². The minimum absolute atomic E-state index is 0.0484. The third-order valence-electron chi connectivity index (χ3n) is 2.99. The molecule has 0 aromatic carbocycles. The fourth-order valence-corrected chi connectivity index (χ4v) is 1.78. The number of carboxylic acid groups (broad SMARTS) is 1. The average Bonchev–Trinajstić information content (AvgIpc) is 3.18. The molecule has 0 aliphatic heterocycles. The predicted molar refractivity (Wildman–Crippen MR) is 68.3 cm³/mol. The first-order valence-corrected chi connectivity index (χ1v) is 6.41. The van der Waals surface area contributed by atoms with Crippen LogP contribution in [0.4, 0.5) is 4.79 Å². The van der Waals surface area contributed by atoms with Gasteiger partial charge in [0.05, 0.1) is 12.5 Å². The summed E-state index contributed by atoms with van der Waals surface area (Å²) in [5.41, 5.74) is 4.96. The van der Waals surface area contributed by atoms with Crippen molar-refractivity contribution in [2.45, 2.75) is 44.2 Å². The molecule has 20 heavy (non-hydrogen) atoms. The van der Waals surface area contributed by atoms with Crippen molar-refractivity contribution >= 4 is 17.9 Å². The Morgan fingerprint density at radius 2 is 2.10 bits per heavy atom. The van der Waals surface area contributed by atoms with E-state index < -0.39 is 23.9 Å². The zero-order valence-electron chi connectivity index (χ0n) is 11.0. The van der Waals surface area contributed by atoms with Gasteiger partial charge in [0.1, 0.15) is 6.04 Å². The summed E-state index contributed by atoms with van der Waals surface area (Å²) in [4.78, 5) is 35.2. The van der Waals surface area contributed by atoms with Gasteiger partial charge in [-0.15, -0.1) is 0 Å². The minimum Gasteiger partial charge on any atom is -0.480 e. The smallest absolute Gasteiger partial charge is 0.326 e. The largest absolute Gasteiger partial charge is 0.480 e. The molecule has 0 radical (unpaired) electrons. The number of primary amides is 1. The Balaban J connectivity index is 2.56. The van der Waals surface area contributed by atoms with Crippen molar-refractivity contribution in [3.8, 4) is 6.07 Å². The number of carbonyl (C=O) groups excluding carboxylic acids is 2. The number of rotatable bonds is 8. The van der Waals surface area contributed by atoms with E-state index in [-0.39, 0.29) is 31.8 Å². The molecule has 0 bridgehead atoms. The summed E-state index contributed by atoms with van der Waals surface area (Å²) in [5.74, 6) is -1.83. The number of carboxylic acids is 1. The van der Waals surface area contributed by atoms with Gasteiger partial charge in [-0.1, -0.05) is 0 Å². The van der Waals surface area contributed by atoms with Crippen molar-refractivity contribution in [1.29, 1.82) is 5.26 Å². The molecular weight excluding hydrogens is 264 g/mol. The van der Waals surface area contributed by atoms with Crippen LogP contribution in [0.2, 0.25) is 0 Å². The van der Waals surface area contributed by atoms with E-state index in [2.05, 4.69) is 5.32 Å². The Labute approximate surface area is 116 Å². The van der Waals surface area contributed by atoms with E-state index in [1.165, 1.54) is 4.90 Å². The van der Waals surface area contributed by atoms with E-state index in [1.807, 2.05) is 6.07 Å². The van der Waals surface area contributed by atoms with E-state index in [1.54, 1.807) is 0 Å². The number of nitrogens with one attached hydrogen (secondary N) is 1. The number of amides is 3. The van der Waals surface area contributed by atoms with E-state index >= 15 is 0 Å². The van der Waals surface area contributed by atoms with Crippen LogP contribution in [0.3, 0.4) is 0 Å². The minimum atomic E-state index is -1.21. The molecule has 8 heteroatoms. The van der Waals surface area contributed by atoms with Crippen LogP contribution in [0.25, 0.3) is 0 Å². The molecule has 1 aliphatic rings. The molecule has 110 valence electrons. The average molecular weight is 282 g/mol. The summed E-state index contributed by atoms with van der Waals surface area (Å²) in [7, 11) is 0. The van der Waals surface area contributed by atoms with E-state index in [9.17, 15) is 14.4 Å². The molecule has 1 atom stereocenters. The van der Waals surface area contributed by atoms with Gasteiger partial charge >= 0.3 is 12.0 Å². The first-order valence-electron chi connectivity index (χ1n) is 6.41. The van der Waals surface area contributed by atoms with Gasteiger partial charge in [-0.05, 0) is 19.3 Å². The van der Waals surface area contributed by atoms with Gasteiger partial charge < -0.3 is 21.1 Å². The molecular formula is C12H18N4O4. The summed E-state index contributed by atoms with van der Waals surface area (Å²) >= 11 is 0. The Kier molecular flexibility index (Phi) is 5.77. The quantitative estimate of drug-likeness (QED) is 0.566. The number of aliphatic carboxylic acids is 1. The summed E-state index contributed by atoms with van der Waals surface area (Å²) in [5, 5.41) is 19.9. The first-order chi connectivity index (χ1) is 9.45. The van der Waals surface area contributed by atoms with Crippen molar-refractivity contribution in [3.63, 3.8) is 0 Å². The number of hydrogen-bond acceptors (Lipinski definition) is 4. The van der Waals surface area contributed by atoms with Crippen LogP contribution in [-0.2, 0) is 9.59 Å². The van der Waals surface area contributed by atoms with Crippen molar-refractivity contribution in [2.24, 2.45) is 5.73 Å². The fourth-order valence-electron chi connectivity index (χ4n) is 1.78. The monoisotopic (exact) mass is 282 g/mol. The lowest BCUT2D eigenvalue weighted by Gasteiger charge is -2.24. The van der Waals surface area contributed by atoms with Crippen molar-refractivity contribution in [2.75, 3.05) is 6.54 Å². The van der Waals surface area contributed by atoms with Crippen molar-refractivity contribution in [1.82, 2.24) is 10.2 Å². The molecule has 1 saturated carbocycles. The van der Waals surface area contributed by atoms with Crippen LogP contribution in [0.5, 0.6) is 0 Å². The molecule has 0 aromatic rings. The molecule has 0 saturated heterocycles. The number of carbonyl (C=O) groups is 3. The zero-order valence-corrected chi connectivity index (χ0v) is 11.0. The van der Waals surface area contributed by atoms with Crippen LogP contribution < -0.4 is 11.1 Å². The van der Waals surface area contributed by atoms with E-state index in [0.717, 1.165) is 12.8 Å². The molecule has 8 nitrogen and oxygen atoms in total. The summed E-state index contributed by atoms with van der Waals surface area (Å²) in [6.07, 6.45) is 1.75. The lowest BCUT2D eigenvalue weighted by atomic mass is 10.1. The standard InChI is InChI=1S/C12H18N4O4/c13-6-1-7-16(8-2-3-8)12(20)15-9(11(18)19)4-5-10(14)17/h8-9H,1-5,7H2,(H2,14,17)(H,15,20)(H,18,19)/t9-/m1/s1. The topological polar surface area (TPSA) is 137 Å². The summed E-state index contributed by atoms with van der Waals surface area (Å²) < 4.78 is 0. The number of urea groups is 1. The molecule has 0 heterocycles. The molecule has 1 aliphatic carbocycles. The maximum atomic E-state index is 12.0. The fraction of sp³-hybridized carbons (Fsp3) is 0.667. The molecule has 0 spiro atoms. The first kappa shape index (κ1) is 15.8. The zero-order chi connectivity index (χ0) is 15.1. The normalized spacial score (nSPS) is 14.9. The van der Waals surface area contributed by atoms with Gasteiger partial charge in [-0.25, -0.2) is 9.59 Å². The third-order valence-corrected chi connectivity index (χ3v) is 2.99. The van der Waals surface area contributed by atoms with Gasteiger partial charge in [-0.3, -0.25) is 4.79 Å². The van der Waals surface area contributed by atoms with Crippen LogP contribution in [0, 0.1) is 11.3 Å². The Bertz CT molecular complexity index is 428. The Morgan fingerprint density at radius 3 is 2.55 bits per heavy atom. The van der Waals surface area contributed by atoms with Crippen LogP contribution in [-0.4, -0.2) is 46.5 Å². The summed E-state index contributed by atoms with van der Waals surface area (Å²) in [6, 6.07) is 0.362. The molecule has 3 amide bonds. The maximum absolute atomic E-state index is 12.0. The Morgan fingerprint density at radius 1 is 1.45 bits per heavy atom. The molecule has 0 aromatic heterocycles. The number of hydrogen-bond donors (Lipinski definition) is 3.